The number of hydrogen-bond donors (Lipinski definition) is 1. The molecule has 0 amide bonds. The van der Waals surface area contributed by atoms with Crippen LogP contribution >= 0.6 is 0 Å². The van der Waals surface area contributed by atoms with Crippen LogP contribution < -0.4 is 5.32 Å². The Morgan fingerprint density at radius 2 is 2.13 bits per heavy atom. The molecule has 0 fully saturated rings. The molecule has 0 aromatic carbocycles. The lowest BCUT2D eigenvalue weighted by molar-refractivity contribution is 0.303. The van der Waals surface area contributed by atoms with Gasteiger partial charge in [-0.1, -0.05) is 13.8 Å². The summed E-state index contributed by atoms with van der Waals surface area (Å²) in [6.07, 6.45) is 4.92. The number of rotatable bonds is 7. The van der Waals surface area contributed by atoms with Gasteiger partial charge in [-0.15, -0.1) is 0 Å². The minimum atomic E-state index is 0.953. The quantitative estimate of drug-likeness (QED) is 0.693. The van der Waals surface area contributed by atoms with E-state index in [2.05, 4.69) is 29.0 Å². The van der Waals surface area contributed by atoms with Crippen molar-refractivity contribution >= 4 is 5.95 Å². The summed E-state index contributed by atoms with van der Waals surface area (Å²) in [4.78, 5) is 6.64. The number of nitrogens with one attached hydrogen (secondary N) is 1. The first-order valence-corrected chi connectivity index (χ1v) is 5.71. The molecule has 86 valence electrons. The molecule has 0 spiro atoms. The fourth-order valence-corrected chi connectivity index (χ4v) is 1.58. The van der Waals surface area contributed by atoms with Gasteiger partial charge in [0.1, 0.15) is 0 Å². The van der Waals surface area contributed by atoms with E-state index in [1.54, 1.807) is 0 Å². The Bertz CT molecular complexity index is 265. The second kappa shape index (κ2) is 6.45. The molecule has 1 heterocycles. The smallest absolute Gasteiger partial charge is 0.202 e. The zero-order valence-electron chi connectivity index (χ0n) is 10.0. The molecule has 1 aromatic rings. The molecule has 0 atom stereocenters. The van der Waals surface area contributed by atoms with Crippen molar-refractivity contribution in [2.75, 3.05) is 31.5 Å². The highest BCUT2D eigenvalue weighted by atomic mass is 15.2. The average molecular weight is 210 g/mol. The topological polar surface area (TPSA) is 33.1 Å². The normalized spacial score (nSPS) is 10.9. The molecular weight excluding hydrogens is 188 g/mol. The molecule has 0 radical (unpaired) electrons. The lowest BCUT2D eigenvalue weighted by Crippen LogP contribution is -2.25. The monoisotopic (exact) mass is 210 g/mol. The van der Waals surface area contributed by atoms with Crippen molar-refractivity contribution in [1.82, 2.24) is 14.5 Å². The lowest BCUT2D eigenvalue weighted by Gasteiger charge is -2.17. The van der Waals surface area contributed by atoms with Crippen molar-refractivity contribution in [3.05, 3.63) is 12.4 Å². The molecule has 0 bridgehead atoms. The minimum Gasteiger partial charge on any atom is -0.356 e. The second-order valence-electron chi connectivity index (χ2n) is 3.67. The third-order valence-corrected chi connectivity index (χ3v) is 2.65. The summed E-state index contributed by atoms with van der Waals surface area (Å²) in [5, 5.41) is 3.32. The predicted octanol–water partition coefficient (Wildman–Crippen LogP) is 1.56. The highest BCUT2D eigenvalue weighted by Gasteiger charge is 1.99. The van der Waals surface area contributed by atoms with Crippen molar-refractivity contribution in [1.29, 1.82) is 0 Å². The van der Waals surface area contributed by atoms with Gasteiger partial charge in [-0.2, -0.15) is 0 Å². The van der Waals surface area contributed by atoms with E-state index >= 15 is 0 Å². The molecule has 0 saturated carbocycles. The fourth-order valence-electron chi connectivity index (χ4n) is 1.58. The van der Waals surface area contributed by atoms with Gasteiger partial charge >= 0.3 is 0 Å². The summed E-state index contributed by atoms with van der Waals surface area (Å²) in [5.41, 5.74) is 0. The van der Waals surface area contributed by atoms with Crippen LogP contribution in [0, 0.1) is 0 Å². The van der Waals surface area contributed by atoms with Crippen LogP contribution in [0.3, 0.4) is 0 Å². The molecule has 1 N–H and O–H groups in total. The first kappa shape index (κ1) is 12.0. The van der Waals surface area contributed by atoms with Gasteiger partial charge in [0.2, 0.25) is 5.95 Å². The van der Waals surface area contributed by atoms with E-state index in [0.29, 0.717) is 0 Å². The largest absolute Gasteiger partial charge is 0.356 e. The van der Waals surface area contributed by atoms with E-state index in [1.807, 2.05) is 24.0 Å². The van der Waals surface area contributed by atoms with Crippen LogP contribution in [-0.2, 0) is 7.05 Å². The number of aryl methyl sites for hydroxylation is 1. The van der Waals surface area contributed by atoms with E-state index in [-0.39, 0.29) is 0 Å². The zero-order chi connectivity index (χ0) is 11.1. The molecule has 4 heteroatoms. The molecule has 1 rings (SSSR count). The molecule has 4 nitrogen and oxygen atoms in total. The van der Waals surface area contributed by atoms with Crippen molar-refractivity contribution in [2.45, 2.75) is 20.3 Å². The molecule has 0 aliphatic heterocycles. The Balaban J connectivity index is 2.14. The van der Waals surface area contributed by atoms with Crippen LogP contribution in [0.15, 0.2) is 12.4 Å². The summed E-state index contributed by atoms with van der Waals surface area (Å²) in [5.74, 6) is 0.953. The van der Waals surface area contributed by atoms with Crippen LogP contribution in [0.25, 0.3) is 0 Å². The predicted molar refractivity (Wildman–Crippen MR) is 64.1 cm³/mol. The second-order valence-corrected chi connectivity index (χ2v) is 3.67. The minimum absolute atomic E-state index is 0.953. The molecule has 0 aliphatic rings. The van der Waals surface area contributed by atoms with Crippen molar-refractivity contribution < 1.29 is 0 Å². The summed E-state index contributed by atoms with van der Waals surface area (Å²) >= 11 is 0. The van der Waals surface area contributed by atoms with Gasteiger partial charge in [0.25, 0.3) is 0 Å². The number of hydrogen-bond acceptors (Lipinski definition) is 3. The standard InChI is InChI=1S/C11H22N4/c1-4-15(5-2)9-6-7-12-11-13-8-10-14(11)3/h8,10H,4-7,9H2,1-3H3,(H,12,13). The van der Waals surface area contributed by atoms with Crippen molar-refractivity contribution in [3.63, 3.8) is 0 Å². The van der Waals surface area contributed by atoms with Gasteiger partial charge in [0.05, 0.1) is 0 Å². The van der Waals surface area contributed by atoms with Crippen LogP contribution in [0.2, 0.25) is 0 Å². The maximum absolute atomic E-state index is 4.21. The first-order chi connectivity index (χ1) is 7.27. The number of aromatic nitrogens is 2. The van der Waals surface area contributed by atoms with Crippen molar-refractivity contribution in [3.8, 4) is 0 Å². The van der Waals surface area contributed by atoms with Crippen LogP contribution in [-0.4, -0.2) is 40.6 Å². The average Bonchev–Trinajstić information content (AvgIpc) is 2.65. The van der Waals surface area contributed by atoms with Crippen molar-refractivity contribution in [2.24, 2.45) is 7.05 Å². The van der Waals surface area contributed by atoms with E-state index in [4.69, 9.17) is 0 Å². The Morgan fingerprint density at radius 1 is 1.40 bits per heavy atom. The van der Waals surface area contributed by atoms with Gasteiger partial charge in [-0.05, 0) is 26.1 Å². The van der Waals surface area contributed by atoms with Gasteiger partial charge in [0, 0.05) is 26.0 Å². The van der Waals surface area contributed by atoms with Crippen LogP contribution in [0.4, 0.5) is 5.95 Å². The van der Waals surface area contributed by atoms with E-state index < -0.39 is 0 Å². The Labute approximate surface area is 92.3 Å². The third kappa shape index (κ3) is 3.91. The third-order valence-electron chi connectivity index (χ3n) is 2.65. The highest BCUT2D eigenvalue weighted by molar-refractivity contribution is 5.24. The summed E-state index contributed by atoms with van der Waals surface area (Å²) in [6.45, 7) is 8.83. The number of nitrogens with zero attached hydrogens (tertiary/aromatic N) is 3. The molecular formula is C11H22N4. The van der Waals surface area contributed by atoms with Gasteiger partial charge in [-0.25, -0.2) is 4.98 Å². The summed E-state index contributed by atoms with van der Waals surface area (Å²) in [7, 11) is 2.00. The molecule has 0 saturated heterocycles. The summed E-state index contributed by atoms with van der Waals surface area (Å²) in [6, 6.07) is 0. The Morgan fingerprint density at radius 3 is 2.67 bits per heavy atom. The van der Waals surface area contributed by atoms with Gasteiger partial charge in [0.15, 0.2) is 0 Å². The molecule has 15 heavy (non-hydrogen) atoms. The molecule has 1 aromatic heterocycles. The fraction of sp³-hybridized carbons (Fsp3) is 0.727. The maximum atomic E-state index is 4.21. The number of imidazole rings is 1. The van der Waals surface area contributed by atoms with Crippen LogP contribution in [0.5, 0.6) is 0 Å². The van der Waals surface area contributed by atoms with Crippen LogP contribution in [0.1, 0.15) is 20.3 Å². The Kier molecular flexibility index (Phi) is 5.18. The van der Waals surface area contributed by atoms with Gasteiger partial charge < -0.3 is 14.8 Å². The zero-order valence-corrected chi connectivity index (χ0v) is 10.0. The Hall–Kier alpha value is -1.03. The summed E-state index contributed by atoms with van der Waals surface area (Å²) < 4.78 is 2.00. The lowest BCUT2D eigenvalue weighted by atomic mass is 10.3. The maximum Gasteiger partial charge on any atom is 0.202 e. The first-order valence-electron chi connectivity index (χ1n) is 5.71. The highest BCUT2D eigenvalue weighted by Crippen LogP contribution is 2.00. The molecule has 0 aliphatic carbocycles. The van der Waals surface area contributed by atoms with E-state index in [9.17, 15) is 0 Å². The molecule has 0 unspecified atom stereocenters. The SMILES string of the molecule is CCN(CC)CCCNc1nccn1C. The van der Waals surface area contributed by atoms with Gasteiger partial charge in [-0.3, -0.25) is 0 Å². The van der Waals surface area contributed by atoms with E-state index in [1.165, 1.54) is 0 Å². The van der Waals surface area contributed by atoms with E-state index in [0.717, 1.165) is 38.5 Å². The number of anilines is 1.